The lowest BCUT2D eigenvalue weighted by atomic mass is 9.45. The molecule has 4 saturated carbocycles. The van der Waals surface area contributed by atoms with Crippen molar-refractivity contribution in [2.24, 2.45) is 45.4 Å². The molecule has 2 N–H and O–H groups in total. The molecule has 0 aromatic heterocycles. The molecule has 0 aliphatic heterocycles. The van der Waals surface area contributed by atoms with E-state index in [1.165, 1.54) is 50.7 Å². The Kier molecular flexibility index (Phi) is 4.74. The zero-order valence-corrected chi connectivity index (χ0v) is 17.1. The SMILES string of the molecule is C=C1CCC2C3CCC4CC(=NOCC(C)N)CC[C@]4(C)C3CC[C@]12C. The van der Waals surface area contributed by atoms with E-state index in [0.717, 1.165) is 36.5 Å². The number of fused-ring (bicyclic) bond motifs is 5. The molecule has 4 aliphatic rings. The van der Waals surface area contributed by atoms with Gasteiger partial charge >= 0.3 is 0 Å². The first-order chi connectivity index (χ1) is 12.3. The summed E-state index contributed by atoms with van der Waals surface area (Å²) in [6, 6.07) is 0.0568. The Morgan fingerprint density at radius 3 is 2.73 bits per heavy atom. The van der Waals surface area contributed by atoms with Crippen molar-refractivity contribution in [1.29, 1.82) is 0 Å². The second-order valence-electron chi connectivity index (χ2n) is 10.4. The predicted octanol–water partition coefficient (Wildman–Crippen LogP) is 5.31. The number of oxime groups is 1. The third-order valence-corrected chi connectivity index (χ3v) is 8.99. The second kappa shape index (κ2) is 6.65. The highest BCUT2D eigenvalue weighted by Gasteiger charge is 2.58. The topological polar surface area (TPSA) is 47.6 Å². The first-order valence-electron chi connectivity index (χ1n) is 11.0. The first-order valence-corrected chi connectivity index (χ1v) is 11.0. The molecule has 5 unspecified atom stereocenters. The van der Waals surface area contributed by atoms with Crippen LogP contribution in [0.25, 0.3) is 0 Å². The standard InChI is InChI=1S/C23H38N2O/c1-15-5-8-20-19-7-6-17-13-18(25-26-14-16(2)24)9-11-23(17,4)21(19)10-12-22(15,20)3/h16-17,19-21H,1,5-14,24H2,2-4H3/t16?,17?,19?,20?,21?,22-,23+/m1/s1. The van der Waals surface area contributed by atoms with Crippen molar-refractivity contribution in [2.45, 2.75) is 84.6 Å². The summed E-state index contributed by atoms with van der Waals surface area (Å²) in [4.78, 5) is 5.49. The van der Waals surface area contributed by atoms with Gasteiger partial charge in [-0.2, -0.15) is 0 Å². The number of allylic oxidation sites excluding steroid dienone is 1. The Morgan fingerprint density at radius 1 is 1.15 bits per heavy atom. The molecule has 7 atom stereocenters. The number of hydrogen-bond acceptors (Lipinski definition) is 3. The molecule has 0 saturated heterocycles. The summed E-state index contributed by atoms with van der Waals surface area (Å²) in [5.74, 6) is 3.54. The van der Waals surface area contributed by atoms with E-state index in [1.54, 1.807) is 5.57 Å². The average Bonchev–Trinajstić information content (AvgIpc) is 2.90. The minimum Gasteiger partial charge on any atom is -0.394 e. The van der Waals surface area contributed by atoms with E-state index < -0.39 is 0 Å². The van der Waals surface area contributed by atoms with Gasteiger partial charge in [0, 0.05) is 6.04 Å². The lowest BCUT2D eigenvalue weighted by Gasteiger charge is -2.60. The van der Waals surface area contributed by atoms with Crippen LogP contribution in [0.4, 0.5) is 0 Å². The van der Waals surface area contributed by atoms with Crippen molar-refractivity contribution >= 4 is 5.71 Å². The van der Waals surface area contributed by atoms with Crippen LogP contribution in [0, 0.1) is 34.5 Å². The number of nitrogens with zero attached hydrogens (tertiary/aromatic N) is 1. The zero-order chi connectivity index (χ0) is 18.5. The Bertz CT molecular complexity index is 597. The van der Waals surface area contributed by atoms with Gasteiger partial charge in [0.25, 0.3) is 0 Å². The minimum absolute atomic E-state index is 0.0568. The fraction of sp³-hybridized carbons (Fsp3) is 0.870. The first kappa shape index (κ1) is 18.5. The van der Waals surface area contributed by atoms with E-state index in [0.29, 0.717) is 17.4 Å². The molecule has 0 amide bonds. The molecule has 0 bridgehead atoms. The fourth-order valence-corrected chi connectivity index (χ4v) is 7.30. The smallest absolute Gasteiger partial charge is 0.131 e. The van der Waals surface area contributed by atoms with Gasteiger partial charge < -0.3 is 10.6 Å². The molecule has 0 heterocycles. The largest absolute Gasteiger partial charge is 0.394 e. The molecule has 0 radical (unpaired) electrons. The van der Waals surface area contributed by atoms with Gasteiger partial charge in [0.15, 0.2) is 0 Å². The van der Waals surface area contributed by atoms with Gasteiger partial charge in [-0.25, -0.2) is 0 Å². The van der Waals surface area contributed by atoms with Crippen molar-refractivity contribution in [1.82, 2.24) is 0 Å². The summed E-state index contributed by atoms with van der Waals surface area (Å²) < 4.78 is 0. The van der Waals surface area contributed by atoms with Crippen LogP contribution in [0.1, 0.15) is 78.6 Å². The van der Waals surface area contributed by atoms with Gasteiger partial charge in [-0.05, 0) is 99.2 Å². The maximum atomic E-state index is 5.77. The highest BCUT2D eigenvalue weighted by atomic mass is 16.6. The van der Waals surface area contributed by atoms with E-state index in [1.807, 2.05) is 6.92 Å². The van der Waals surface area contributed by atoms with Crippen LogP contribution in [0.5, 0.6) is 0 Å². The molecular formula is C23H38N2O. The number of nitrogens with two attached hydrogens (primary N) is 1. The summed E-state index contributed by atoms with van der Waals surface area (Å²) in [5, 5.41) is 4.45. The highest BCUT2D eigenvalue weighted by molar-refractivity contribution is 5.85. The molecule has 3 nitrogen and oxygen atoms in total. The van der Waals surface area contributed by atoms with E-state index in [9.17, 15) is 0 Å². The lowest BCUT2D eigenvalue weighted by molar-refractivity contribution is -0.0859. The van der Waals surface area contributed by atoms with Gasteiger partial charge in [0.2, 0.25) is 0 Å². The molecule has 0 aromatic carbocycles. The molecule has 3 heteroatoms. The van der Waals surface area contributed by atoms with Crippen LogP contribution in [0.15, 0.2) is 17.3 Å². The van der Waals surface area contributed by atoms with Crippen LogP contribution < -0.4 is 5.73 Å². The van der Waals surface area contributed by atoms with Crippen LogP contribution in [0.2, 0.25) is 0 Å². The van der Waals surface area contributed by atoms with Crippen molar-refractivity contribution < 1.29 is 4.84 Å². The zero-order valence-electron chi connectivity index (χ0n) is 17.1. The summed E-state index contributed by atoms with van der Waals surface area (Å²) in [6.45, 7) is 12.1. The van der Waals surface area contributed by atoms with Gasteiger partial charge in [-0.3, -0.25) is 0 Å². The van der Waals surface area contributed by atoms with E-state index in [2.05, 4.69) is 25.6 Å². The third kappa shape index (κ3) is 2.85. The second-order valence-corrected chi connectivity index (χ2v) is 10.4. The van der Waals surface area contributed by atoms with Crippen molar-refractivity contribution in [2.75, 3.05) is 6.61 Å². The van der Waals surface area contributed by atoms with Crippen molar-refractivity contribution in [3.05, 3.63) is 12.2 Å². The molecule has 4 fully saturated rings. The van der Waals surface area contributed by atoms with Gasteiger partial charge in [-0.15, -0.1) is 0 Å². The van der Waals surface area contributed by atoms with E-state index >= 15 is 0 Å². The van der Waals surface area contributed by atoms with Gasteiger partial charge in [0.1, 0.15) is 6.61 Å². The predicted molar refractivity (Wildman–Crippen MR) is 108 cm³/mol. The molecular weight excluding hydrogens is 320 g/mol. The van der Waals surface area contributed by atoms with E-state index in [-0.39, 0.29) is 6.04 Å². The lowest BCUT2D eigenvalue weighted by Crippen LogP contribution is -2.52. The number of rotatable bonds is 3. The maximum absolute atomic E-state index is 5.77. The van der Waals surface area contributed by atoms with Crippen LogP contribution >= 0.6 is 0 Å². The monoisotopic (exact) mass is 358 g/mol. The maximum Gasteiger partial charge on any atom is 0.131 e. The average molecular weight is 359 g/mol. The van der Waals surface area contributed by atoms with Crippen LogP contribution in [-0.2, 0) is 4.84 Å². The summed E-state index contributed by atoms with van der Waals surface area (Å²) >= 11 is 0. The minimum atomic E-state index is 0.0568. The Labute approximate surface area is 159 Å². The molecule has 146 valence electrons. The highest BCUT2D eigenvalue weighted by Crippen LogP contribution is 2.66. The molecule has 4 aliphatic carbocycles. The Balaban J connectivity index is 1.48. The molecule has 0 aromatic rings. The van der Waals surface area contributed by atoms with E-state index in [4.69, 9.17) is 10.6 Å². The van der Waals surface area contributed by atoms with Crippen LogP contribution in [0.3, 0.4) is 0 Å². The Hall–Kier alpha value is -0.830. The molecule has 0 spiro atoms. The normalized spacial score (nSPS) is 47.8. The van der Waals surface area contributed by atoms with Gasteiger partial charge in [0.05, 0.1) is 5.71 Å². The Morgan fingerprint density at radius 2 is 1.96 bits per heavy atom. The number of hydrogen-bond donors (Lipinski definition) is 1. The van der Waals surface area contributed by atoms with Gasteiger partial charge in [-0.1, -0.05) is 31.2 Å². The quantitative estimate of drug-likeness (QED) is 0.549. The summed E-state index contributed by atoms with van der Waals surface area (Å²) in [6.07, 6.45) is 11.8. The molecule has 4 rings (SSSR count). The summed E-state index contributed by atoms with van der Waals surface area (Å²) in [5.41, 5.74) is 9.55. The third-order valence-electron chi connectivity index (χ3n) is 8.99. The fourth-order valence-electron chi connectivity index (χ4n) is 7.30. The van der Waals surface area contributed by atoms with Crippen molar-refractivity contribution in [3.8, 4) is 0 Å². The van der Waals surface area contributed by atoms with Crippen molar-refractivity contribution in [3.63, 3.8) is 0 Å². The molecule has 26 heavy (non-hydrogen) atoms. The van der Waals surface area contributed by atoms with Crippen LogP contribution in [-0.4, -0.2) is 18.4 Å². The summed E-state index contributed by atoms with van der Waals surface area (Å²) in [7, 11) is 0.